The molecular formula is C25H18ClNO5. The van der Waals surface area contributed by atoms with Crippen LogP contribution in [0.2, 0.25) is 5.02 Å². The van der Waals surface area contributed by atoms with Crippen LogP contribution in [-0.2, 0) is 11.2 Å². The molecule has 1 heterocycles. The van der Waals surface area contributed by atoms with Gasteiger partial charge in [0.2, 0.25) is 0 Å². The highest BCUT2D eigenvalue weighted by molar-refractivity contribution is 6.31. The molecule has 0 aliphatic heterocycles. The summed E-state index contributed by atoms with van der Waals surface area (Å²) in [6, 6.07) is 20.3. The van der Waals surface area contributed by atoms with Gasteiger partial charge >= 0.3 is 11.9 Å². The second-order valence-corrected chi connectivity index (χ2v) is 7.60. The first-order valence-electron chi connectivity index (χ1n) is 9.74. The number of aromatic nitrogens is 1. The lowest BCUT2D eigenvalue weighted by Crippen LogP contribution is -2.24. The van der Waals surface area contributed by atoms with Crippen molar-refractivity contribution in [2.75, 3.05) is 7.11 Å². The summed E-state index contributed by atoms with van der Waals surface area (Å²) in [7, 11) is 1.28. The monoisotopic (exact) mass is 447 g/mol. The predicted octanol–water partition coefficient (Wildman–Crippen LogP) is 4.72. The molecule has 3 aromatic carbocycles. The second-order valence-electron chi connectivity index (χ2n) is 7.16. The van der Waals surface area contributed by atoms with Gasteiger partial charge < -0.3 is 14.4 Å². The van der Waals surface area contributed by atoms with E-state index in [4.69, 9.17) is 16.3 Å². The van der Waals surface area contributed by atoms with Gasteiger partial charge in [-0.25, -0.2) is 9.59 Å². The molecule has 7 heteroatoms. The standard InChI is InChI=1S/C25H18ClNO5/c1-32-25(31)16-7-5-6-15(12-16)13-20-22(24(29)30)27(18-8-3-2-4-9-18)21-14-17(26)10-11-19(21)23(20)28/h2-12,14H,13H2,1H3,(H,29,30). The predicted molar refractivity (Wildman–Crippen MR) is 122 cm³/mol. The molecule has 0 aliphatic carbocycles. The first-order chi connectivity index (χ1) is 15.4. The third-order valence-corrected chi connectivity index (χ3v) is 5.41. The van der Waals surface area contributed by atoms with E-state index in [1.165, 1.54) is 11.7 Å². The van der Waals surface area contributed by atoms with E-state index in [1.54, 1.807) is 66.7 Å². The summed E-state index contributed by atoms with van der Waals surface area (Å²) in [6.07, 6.45) is 0.0245. The molecule has 0 amide bonds. The van der Waals surface area contributed by atoms with Crippen LogP contribution in [0.3, 0.4) is 0 Å². The van der Waals surface area contributed by atoms with Crippen LogP contribution >= 0.6 is 11.6 Å². The number of fused-ring (bicyclic) bond motifs is 1. The normalized spacial score (nSPS) is 10.8. The zero-order valence-electron chi connectivity index (χ0n) is 17.0. The number of esters is 1. The highest BCUT2D eigenvalue weighted by Crippen LogP contribution is 2.26. The molecule has 4 aromatic rings. The fourth-order valence-corrected chi connectivity index (χ4v) is 3.94. The summed E-state index contributed by atoms with van der Waals surface area (Å²) in [6.45, 7) is 0. The topological polar surface area (TPSA) is 85.6 Å². The van der Waals surface area contributed by atoms with Crippen molar-refractivity contribution in [3.8, 4) is 5.69 Å². The number of carboxylic acids is 1. The van der Waals surface area contributed by atoms with Crippen LogP contribution in [0.15, 0.2) is 77.6 Å². The molecule has 0 bridgehead atoms. The number of carbonyl (C=O) groups excluding carboxylic acids is 1. The van der Waals surface area contributed by atoms with E-state index in [0.717, 1.165) is 0 Å². The minimum atomic E-state index is -1.24. The summed E-state index contributed by atoms with van der Waals surface area (Å²) < 4.78 is 6.29. The van der Waals surface area contributed by atoms with E-state index >= 15 is 0 Å². The quantitative estimate of drug-likeness (QED) is 0.447. The fourth-order valence-electron chi connectivity index (χ4n) is 3.77. The first kappa shape index (κ1) is 21.3. The van der Waals surface area contributed by atoms with E-state index in [0.29, 0.717) is 32.7 Å². The highest BCUT2D eigenvalue weighted by atomic mass is 35.5. The Morgan fingerprint density at radius 2 is 1.75 bits per heavy atom. The van der Waals surface area contributed by atoms with E-state index < -0.39 is 17.4 Å². The second kappa shape index (κ2) is 8.69. The Kier molecular flexibility index (Phi) is 5.79. The van der Waals surface area contributed by atoms with Crippen LogP contribution in [0.4, 0.5) is 0 Å². The van der Waals surface area contributed by atoms with Gasteiger partial charge in [0.1, 0.15) is 5.69 Å². The molecule has 160 valence electrons. The minimum absolute atomic E-state index is 0.0245. The Morgan fingerprint density at radius 1 is 1.00 bits per heavy atom. The van der Waals surface area contributed by atoms with Crippen molar-refractivity contribution in [2.24, 2.45) is 0 Å². The van der Waals surface area contributed by atoms with Crippen molar-refractivity contribution in [2.45, 2.75) is 6.42 Å². The van der Waals surface area contributed by atoms with Crippen LogP contribution in [0, 0.1) is 0 Å². The lowest BCUT2D eigenvalue weighted by Gasteiger charge is -2.19. The average molecular weight is 448 g/mol. The first-order valence-corrected chi connectivity index (χ1v) is 10.1. The molecule has 0 saturated carbocycles. The van der Waals surface area contributed by atoms with Gasteiger partial charge in [0.15, 0.2) is 5.43 Å². The molecule has 4 rings (SSSR count). The number of nitrogens with zero attached hydrogens (tertiary/aromatic N) is 1. The zero-order valence-corrected chi connectivity index (χ0v) is 17.8. The number of ether oxygens (including phenoxy) is 1. The van der Waals surface area contributed by atoms with Crippen molar-refractivity contribution >= 4 is 34.4 Å². The largest absolute Gasteiger partial charge is 0.477 e. The molecular weight excluding hydrogens is 430 g/mol. The molecule has 32 heavy (non-hydrogen) atoms. The van der Waals surface area contributed by atoms with E-state index in [2.05, 4.69) is 0 Å². The van der Waals surface area contributed by atoms with Crippen molar-refractivity contribution in [3.63, 3.8) is 0 Å². The molecule has 1 aromatic heterocycles. The van der Waals surface area contributed by atoms with Crippen molar-refractivity contribution in [1.82, 2.24) is 4.57 Å². The van der Waals surface area contributed by atoms with E-state index in [-0.39, 0.29) is 17.7 Å². The Morgan fingerprint density at radius 3 is 2.44 bits per heavy atom. The molecule has 0 radical (unpaired) electrons. The minimum Gasteiger partial charge on any atom is -0.477 e. The summed E-state index contributed by atoms with van der Waals surface area (Å²) in [5.41, 5.74) is 1.47. The van der Waals surface area contributed by atoms with Gasteiger partial charge in [-0.15, -0.1) is 0 Å². The number of hydrogen-bond acceptors (Lipinski definition) is 4. The third kappa shape index (κ3) is 3.88. The number of rotatable bonds is 5. The number of pyridine rings is 1. The number of carboxylic acid groups (broad SMARTS) is 1. The number of carbonyl (C=O) groups is 2. The number of aromatic carboxylic acids is 1. The number of benzene rings is 3. The van der Waals surface area contributed by atoms with Crippen LogP contribution in [0.1, 0.15) is 32.0 Å². The van der Waals surface area contributed by atoms with Crippen molar-refractivity contribution in [3.05, 3.63) is 110 Å². The molecule has 0 aliphatic rings. The maximum Gasteiger partial charge on any atom is 0.353 e. The van der Waals surface area contributed by atoms with Gasteiger partial charge in [-0.2, -0.15) is 0 Å². The number of methoxy groups -OCH3 is 1. The van der Waals surface area contributed by atoms with Crippen LogP contribution < -0.4 is 5.43 Å². The molecule has 0 fully saturated rings. The smallest absolute Gasteiger partial charge is 0.353 e. The van der Waals surface area contributed by atoms with Gasteiger partial charge in [-0.3, -0.25) is 4.79 Å². The lowest BCUT2D eigenvalue weighted by molar-refractivity contribution is 0.0599. The Labute approximate surface area is 188 Å². The van der Waals surface area contributed by atoms with E-state index in [9.17, 15) is 19.5 Å². The highest BCUT2D eigenvalue weighted by Gasteiger charge is 2.23. The molecule has 6 nitrogen and oxygen atoms in total. The van der Waals surface area contributed by atoms with Crippen LogP contribution in [0.25, 0.3) is 16.6 Å². The Bertz CT molecular complexity index is 1410. The van der Waals surface area contributed by atoms with Gasteiger partial charge in [0.05, 0.1) is 18.2 Å². The summed E-state index contributed by atoms with van der Waals surface area (Å²) in [5, 5.41) is 10.9. The van der Waals surface area contributed by atoms with E-state index in [1.807, 2.05) is 6.07 Å². The molecule has 0 saturated heterocycles. The number of hydrogen-bond donors (Lipinski definition) is 1. The summed E-state index contributed by atoms with van der Waals surface area (Å²) in [4.78, 5) is 37.8. The fraction of sp³-hybridized carbons (Fsp3) is 0.0800. The number of para-hydroxylation sites is 1. The maximum absolute atomic E-state index is 13.4. The summed E-state index contributed by atoms with van der Waals surface area (Å²) >= 11 is 6.19. The summed E-state index contributed by atoms with van der Waals surface area (Å²) in [5.74, 6) is -1.76. The Hall–Kier alpha value is -3.90. The van der Waals surface area contributed by atoms with Crippen LogP contribution in [-0.4, -0.2) is 28.7 Å². The number of halogens is 1. The average Bonchev–Trinajstić information content (AvgIpc) is 2.80. The maximum atomic E-state index is 13.4. The van der Waals surface area contributed by atoms with Crippen LogP contribution in [0.5, 0.6) is 0 Å². The van der Waals surface area contributed by atoms with Gasteiger partial charge in [-0.05, 0) is 48.0 Å². The molecule has 0 spiro atoms. The Balaban J connectivity index is 2.04. The third-order valence-electron chi connectivity index (χ3n) is 5.17. The van der Waals surface area contributed by atoms with Gasteiger partial charge in [-0.1, -0.05) is 41.9 Å². The SMILES string of the molecule is COC(=O)c1cccc(Cc2c(C(=O)O)n(-c3ccccc3)c3cc(Cl)ccc3c2=O)c1. The van der Waals surface area contributed by atoms with Gasteiger partial charge in [0.25, 0.3) is 0 Å². The van der Waals surface area contributed by atoms with Crippen molar-refractivity contribution in [1.29, 1.82) is 0 Å². The molecule has 1 N–H and O–H groups in total. The van der Waals surface area contributed by atoms with Crippen molar-refractivity contribution < 1.29 is 19.4 Å². The molecule has 0 unspecified atom stereocenters. The van der Waals surface area contributed by atoms with Gasteiger partial charge in [0, 0.05) is 28.1 Å². The molecule has 0 atom stereocenters. The lowest BCUT2D eigenvalue weighted by atomic mass is 9.98. The zero-order chi connectivity index (χ0) is 22.8.